The molecule has 2 aromatic rings. The molecule has 5 heteroatoms. The van der Waals surface area contributed by atoms with Crippen LogP contribution in [-0.2, 0) is 6.54 Å². The topological polar surface area (TPSA) is 44.0 Å². The summed E-state index contributed by atoms with van der Waals surface area (Å²) in [7, 11) is 0. The van der Waals surface area contributed by atoms with Gasteiger partial charge in [0.2, 0.25) is 0 Å². The predicted molar refractivity (Wildman–Crippen MR) is 77.4 cm³/mol. The normalized spacial score (nSPS) is 9.79. The molecule has 0 saturated carbocycles. The summed E-state index contributed by atoms with van der Waals surface area (Å²) in [6, 6.07) is 7.16. The first kappa shape index (κ1) is 13.4. The van der Waals surface area contributed by atoms with E-state index in [2.05, 4.69) is 27.8 Å². The third-order valence-electron chi connectivity index (χ3n) is 2.59. The zero-order valence-corrected chi connectivity index (χ0v) is 11.8. The molecule has 0 amide bonds. The predicted octanol–water partition coefficient (Wildman–Crippen LogP) is 1.78. The molecule has 0 atom stereocenters. The highest BCUT2D eigenvalue weighted by Crippen LogP contribution is 2.12. The number of rotatable bonds is 2. The number of hydrogen-bond acceptors (Lipinski definition) is 2. The minimum atomic E-state index is -0.581. The van der Waals surface area contributed by atoms with Gasteiger partial charge < -0.3 is 0 Å². The van der Waals surface area contributed by atoms with E-state index in [1.54, 1.807) is 31.5 Å². The molecule has 0 aliphatic rings. The summed E-state index contributed by atoms with van der Waals surface area (Å²) in [5.74, 6) is 5.45. The van der Waals surface area contributed by atoms with Crippen LogP contribution in [0.1, 0.15) is 6.92 Å². The van der Waals surface area contributed by atoms with Crippen molar-refractivity contribution in [1.82, 2.24) is 9.13 Å². The van der Waals surface area contributed by atoms with Crippen molar-refractivity contribution in [3.05, 3.63) is 61.8 Å². The second-order valence-electron chi connectivity index (χ2n) is 3.81. The van der Waals surface area contributed by atoms with Crippen molar-refractivity contribution in [2.24, 2.45) is 0 Å². The molecule has 0 aliphatic carbocycles. The number of aromatic nitrogens is 2. The summed E-state index contributed by atoms with van der Waals surface area (Å²) in [4.78, 5) is 23.9. The average molecular weight is 319 g/mol. The maximum atomic E-state index is 12.0. The number of hydrogen-bond donors (Lipinski definition) is 0. The van der Waals surface area contributed by atoms with E-state index in [4.69, 9.17) is 0 Å². The molecule has 0 fully saturated rings. The lowest BCUT2D eigenvalue weighted by atomic mass is 10.3. The Hall–Kier alpha value is -2.06. The molecular formula is C14H11BrN2O2. The van der Waals surface area contributed by atoms with Gasteiger partial charge in [0.1, 0.15) is 0 Å². The van der Waals surface area contributed by atoms with Gasteiger partial charge in [0, 0.05) is 22.6 Å². The molecule has 0 spiro atoms. The quantitative estimate of drug-likeness (QED) is 0.626. The van der Waals surface area contributed by atoms with Gasteiger partial charge >= 0.3 is 11.1 Å². The molecule has 0 saturated heterocycles. The second kappa shape index (κ2) is 5.72. The number of benzene rings is 1. The molecule has 0 unspecified atom stereocenters. The standard InChI is InChI=1S/C14H11BrN2O2/c1-2-3-8-16-9-10-17(14(19)13(16)18)12-6-4-11(15)5-7-12/h4-7,9-10H,8H2,1H3. The lowest BCUT2D eigenvalue weighted by molar-refractivity contribution is 0.744. The van der Waals surface area contributed by atoms with Gasteiger partial charge in [-0.2, -0.15) is 0 Å². The van der Waals surface area contributed by atoms with Crippen molar-refractivity contribution in [2.75, 3.05) is 0 Å². The van der Waals surface area contributed by atoms with Gasteiger partial charge in [0.25, 0.3) is 0 Å². The van der Waals surface area contributed by atoms with Crippen LogP contribution in [0.4, 0.5) is 0 Å². The lowest BCUT2D eigenvalue weighted by Crippen LogP contribution is -2.39. The SMILES string of the molecule is CC#CCn1ccn(-c2ccc(Br)cc2)c(=O)c1=O. The largest absolute Gasteiger partial charge is 0.321 e. The summed E-state index contributed by atoms with van der Waals surface area (Å²) in [5.41, 5.74) is -0.505. The molecule has 0 bridgehead atoms. The Morgan fingerprint density at radius 2 is 1.79 bits per heavy atom. The van der Waals surface area contributed by atoms with Crippen molar-refractivity contribution in [3.8, 4) is 17.5 Å². The van der Waals surface area contributed by atoms with Gasteiger partial charge in [-0.1, -0.05) is 21.9 Å². The van der Waals surface area contributed by atoms with E-state index >= 15 is 0 Å². The molecule has 4 nitrogen and oxygen atoms in total. The monoisotopic (exact) mass is 318 g/mol. The molecule has 1 aromatic heterocycles. The van der Waals surface area contributed by atoms with E-state index in [1.807, 2.05) is 12.1 Å². The molecule has 1 aromatic carbocycles. The summed E-state index contributed by atoms with van der Waals surface area (Å²) in [5, 5.41) is 0. The fraction of sp³-hybridized carbons (Fsp3) is 0.143. The van der Waals surface area contributed by atoms with Crippen molar-refractivity contribution >= 4 is 15.9 Å². The Balaban J connectivity index is 2.52. The van der Waals surface area contributed by atoms with Gasteiger partial charge in [0.05, 0.1) is 6.54 Å². The zero-order chi connectivity index (χ0) is 13.8. The van der Waals surface area contributed by atoms with Crippen LogP contribution in [0.3, 0.4) is 0 Å². The average Bonchev–Trinajstić information content (AvgIpc) is 2.42. The van der Waals surface area contributed by atoms with Gasteiger partial charge in [-0.05, 0) is 31.2 Å². The van der Waals surface area contributed by atoms with Crippen LogP contribution < -0.4 is 11.1 Å². The van der Waals surface area contributed by atoms with Crippen LogP contribution in [0.2, 0.25) is 0 Å². The highest BCUT2D eigenvalue weighted by molar-refractivity contribution is 9.10. The van der Waals surface area contributed by atoms with Crippen LogP contribution in [0, 0.1) is 11.8 Å². The maximum absolute atomic E-state index is 12.0. The Bertz CT molecular complexity index is 761. The molecular weight excluding hydrogens is 308 g/mol. The number of halogens is 1. The Kier molecular flexibility index (Phi) is 4.03. The molecule has 19 heavy (non-hydrogen) atoms. The molecule has 0 aliphatic heterocycles. The Morgan fingerprint density at radius 3 is 2.42 bits per heavy atom. The minimum absolute atomic E-state index is 0.228. The molecule has 1 heterocycles. The summed E-state index contributed by atoms with van der Waals surface area (Å²) < 4.78 is 3.54. The molecule has 96 valence electrons. The van der Waals surface area contributed by atoms with E-state index in [1.165, 1.54) is 9.13 Å². The minimum Gasteiger partial charge on any atom is -0.298 e. The lowest BCUT2D eigenvalue weighted by Gasteiger charge is -2.07. The van der Waals surface area contributed by atoms with Crippen LogP contribution in [0.25, 0.3) is 5.69 Å². The maximum Gasteiger partial charge on any atom is 0.321 e. The first-order chi connectivity index (χ1) is 9.13. The van der Waals surface area contributed by atoms with Crippen molar-refractivity contribution < 1.29 is 0 Å². The van der Waals surface area contributed by atoms with Gasteiger partial charge in [-0.25, -0.2) is 0 Å². The number of nitrogens with zero attached hydrogens (tertiary/aromatic N) is 2. The highest BCUT2D eigenvalue weighted by atomic mass is 79.9. The molecule has 0 N–H and O–H groups in total. The van der Waals surface area contributed by atoms with Crippen LogP contribution >= 0.6 is 15.9 Å². The summed E-state index contributed by atoms with van der Waals surface area (Å²) in [6.45, 7) is 1.92. The van der Waals surface area contributed by atoms with Crippen LogP contribution in [0.15, 0.2) is 50.7 Å². The zero-order valence-electron chi connectivity index (χ0n) is 10.3. The van der Waals surface area contributed by atoms with E-state index in [0.29, 0.717) is 5.69 Å². The smallest absolute Gasteiger partial charge is 0.298 e. The van der Waals surface area contributed by atoms with Crippen LogP contribution in [0.5, 0.6) is 0 Å². The Morgan fingerprint density at radius 1 is 1.11 bits per heavy atom. The molecule has 0 radical (unpaired) electrons. The molecule has 2 rings (SSSR count). The second-order valence-corrected chi connectivity index (χ2v) is 4.73. The summed E-state index contributed by atoms with van der Waals surface area (Å²) >= 11 is 3.32. The Labute approximate surface area is 118 Å². The van der Waals surface area contributed by atoms with E-state index < -0.39 is 11.1 Å². The van der Waals surface area contributed by atoms with E-state index in [9.17, 15) is 9.59 Å². The first-order valence-electron chi connectivity index (χ1n) is 5.61. The van der Waals surface area contributed by atoms with E-state index in [0.717, 1.165) is 4.47 Å². The fourth-order valence-electron chi connectivity index (χ4n) is 1.60. The van der Waals surface area contributed by atoms with Crippen molar-refractivity contribution in [2.45, 2.75) is 13.5 Å². The first-order valence-corrected chi connectivity index (χ1v) is 6.40. The van der Waals surface area contributed by atoms with Gasteiger partial charge in [0.15, 0.2) is 0 Å². The third kappa shape index (κ3) is 2.85. The third-order valence-corrected chi connectivity index (χ3v) is 3.12. The summed E-state index contributed by atoms with van der Waals surface area (Å²) in [6.07, 6.45) is 3.14. The van der Waals surface area contributed by atoms with Crippen LogP contribution in [-0.4, -0.2) is 9.13 Å². The van der Waals surface area contributed by atoms with Gasteiger partial charge in [-0.3, -0.25) is 18.7 Å². The van der Waals surface area contributed by atoms with Gasteiger partial charge in [-0.15, -0.1) is 5.92 Å². The highest BCUT2D eigenvalue weighted by Gasteiger charge is 2.05. The van der Waals surface area contributed by atoms with Crippen molar-refractivity contribution in [1.29, 1.82) is 0 Å². The van der Waals surface area contributed by atoms with E-state index in [-0.39, 0.29) is 6.54 Å². The fourth-order valence-corrected chi connectivity index (χ4v) is 1.87. The van der Waals surface area contributed by atoms with Crippen molar-refractivity contribution in [3.63, 3.8) is 0 Å².